The maximum atomic E-state index is 12.4. The molecule has 0 spiro atoms. The van der Waals surface area contributed by atoms with Crippen molar-refractivity contribution in [3.05, 3.63) is 65.2 Å². The first-order chi connectivity index (χ1) is 11.1. The van der Waals surface area contributed by atoms with E-state index in [9.17, 15) is 14.7 Å². The number of anilines is 1. The summed E-state index contributed by atoms with van der Waals surface area (Å²) in [7, 11) is 0. The molecule has 0 radical (unpaired) electrons. The number of aliphatic carboxylic acids is 1. The lowest BCUT2D eigenvalue weighted by molar-refractivity contribution is -0.138. The van der Waals surface area contributed by atoms with Crippen LogP contribution in [0.1, 0.15) is 16.7 Å². The second-order valence-electron chi connectivity index (χ2n) is 5.54. The number of rotatable bonds is 3. The van der Waals surface area contributed by atoms with Crippen molar-refractivity contribution < 1.29 is 19.4 Å². The van der Waals surface area contributed by atoms with Crippen molar-refractivity contribution in [2.24, 2.45) is 0 Å². The quantitative estimate of drug-likeness (QED) is 0.945. The minimum Gasteiger partial charge on any atom is -0.480 e. The third kappa shape index (κ3) is 2.90. The second-order valence-corrected chi connectivity index (χ2v) is 5.54. The number of carbonyl (C=O) groups is 2. The van der Waals surface area contributed by atoms with Gasteiger partial charge in [0.15, 0.2) is 0 Å². The van der Waals surface area contributed by atoms with Crippen LogP contribution in [0, 0.1) is 6.92 Å². The summed E-state index contributed by atoms with van der Waals surface area (Å²) in [5.74, 6) is -1.03. The van der Waals surface area contributed by atoms with Crippen molar-refractivity contribution in [1.82, 2.24) is 0 Å². The van der Waals surface area contributed by atoms with Gasteiger partial charge < -0.3 is 9.84 Å². The summed E-state index contributed by atoms with van der Waals surface area (Å²) in [4.78, 5) is 25.2. The van der Waals surface area contributed by atoms with Crippen molar-refractivity contribution in [2.75, 3.05) is 4.90 Å². The van der Waals surface area contributed by atoms with Crippen LogP contribution in [-0.4, -0.2) is 23.2 Å². The highest BCUT2D eigenvalue weighted by Crippen LogP contribution is 2.35. The summed E-state index contributed by atoms with van der Waals surface area (Å²) in [6, 6.07) is 13.9. The number of aryl methyl sites for hydroxylation is 1. The molecule has 23 heavy (non-hydrogen) atoms. The minimum atomic E-state index is -1.03. The van der Waals surface area contributed by atoms with Gasteiger partial charge >= 0.3 is 12.1 Å². The van der Waals surface area contributed by atoms with E-state index in [0.29, 0.717) is 12.1 Å². The molecule has 1 aliphatic rings. The highest BCUT2D eigenvalue weighted by atomic mass is 16.6. The number of nitrogens with zero attached hydrogens (tertiary/aromatic N) is 1. The zero-order valence-corrected chi connectivity index (χ0v) is 12.7. The van der Waals surface area contributed by atoms with Gasteiger partial charge in [0.05, 0.1) is 5.69 Å². The molecule has 5 nitrogen and oxygen atoms in total. The molecule has 0 unspecified atom stereocenters. The number of carbonyl (C=O) groups excluding carboxylic acids is 1. The molecule has 2 aromatic carbocycles. The van der Waals surface area contributed by atoms with E-state index < -0.39 is 18.1 Å². The molecule has 1 aliphatic heterocycles. The summed E-state index contributed by atoms with van der Waals surface area (Å²) in [5.41, 5.74) is 3.34. The third-order valence-corrected chi connectivity index (χ3v) is 4.04. The van der Waals surface area contributed by atoms with Crippen molar-refractivity contribution in [3.8, 4) is 0 Å². The number of carboxylic acids is 1. The van der Waals surface area contributed by atoms with Gasteiger partial charge in [-0.3, -0.25) is 4.90 Å². The van der Waals surface area contributed by atoms with Gasteiger partial charge in [0.25, 0.3) is 0 Å². The van der Waals surface area contributed by atoms with Gasteiger partial charge in [-0.1, -0.05) is 42.5 Å². The van der Waals surface area contributed by atoms with Gasteiger partial charge in [-0.25, -0.2) is 9.59 Å². The summed E-state index contributed by atoms with van der Waals surface area (Å²) in [6.45, 7) is 2.03. The minimum absolute atomic E-state index is 0.115. The monoisotopic (exact) mass is 311 g/mol. The summed E-state index contributed by atoms with van der Waals surface area (Å²) < 4.78 is 5.31. The Bertz CT molecular complexity index is 742. The van der Waals surface area contributed by atoms with E-state index in [2.05, 4.69) is 0 Å². The number of hydrogen-bond acceptors (Lipinski definition) is 3. The standard InChI is InChI=1S/C18H17NO4/c1-12-6-5-9-15-14(12)10-16(17(20)21)19(15)18(22)23-11-13-7-3-2-4-8-13/h2-9,16H,10-11H2,1H3,(H,20,21)/t16-/m1/s1. The van der Waals surface area contributed by atoms with Crippen LogP contribution in [0.5, 0.6) is 0 Å². The molecule has 1 atom stereocenters. The Labute approximate surface area is 134 Å². The molecule has 0 bridgehead atoms. The number of amides is 1. The van der Waals surface area contributed by atoms with E-state index in [1.54, 1.807) is 6.07 Å². The largest absolute Gasteiger partial charge is 0.480 e. The first-order valence-electron chi connectivity index (χ1n) is 7.39. The number of hydrogen-bond donors (Lipinski definition) is 1. The predicted octanol–water partition coefficient (Wildman–Crippen LogP) is 3.15. The maximum absolute atomic E-state index is 12.4. The van der Waals surface area contributed by atoms with Crippen molar-refractivity contribution in [3.63, 3.8) is 0 Å². The molecule has 1 amide bonds. The molecular weight excluding hydrogens is 294 g/mol. The fraction of sp³-hybridized carbons (Fsp3) is 0.222. The van der Waals surface area contributed by atoms with Crippen LogP contribution in [0.4, 0.5) is 10.5 Å². The highest BCUT2D eigenvalue weighted by Gasteiger charge is 2.40. The SMILES string of the molecule is Cc1cccc2c1C[C@H](C(=O)O)N2C(=O)OCc1ccccc1. The van der Waals surface area contributed by atoms with E-state index in [-0.39, 0.29) is 6.61 Å². The molecule has 0 fully saturated rings. The second kappa shape index (κ2) is 6.12. The predicted molar refractivity (Wildman–Crippen MR) is 85.4 cm³/mol. The summed E-state index contributed by atoms with van der Waals surface area (Å²) in [5, 5.41) is 9.43. The van der Waals surface area contributed by atoms with Crippen LogP contribution in [0.3, 0.4) is 0 Å². The molecule has 118 valence electrons. The lowest BCUT2D eigenvalue weighted by atomic mass is 10.0. The zero-order valence-electron chi connectivity index (χ0n) is 12.7. The van der Waals surface area contributed by atoms with Crippen LogP contribution in [0.15, 0.2) is 48.5 Å². The molecule has 1 N–H and O–H groups in total. The zero-order chi connectivity index (χ0) is 16.4. The van der Waals surface area contributed by atoms with E-state index in [4.69, 9.17) is 4.74 Å². The Hall–Kier alpha value is -2.82. The summed E-state index contributed by atoms with van der Waals surface area (Å²) >= 11 is 0. The van der Waals surface area contributed by atoms with E-state index in [1.807, 2.05) is 49.4 Å². The highest BCUT2D eigenvalue weighted by molar-refractivity contribution is 5.98. The average molecular weight is 311 g/mol. The number of benzene rings is 2. The Kier molecular flexibility index (Phi) is 4.02. The molecule has 0 saturated heterocycles. The first kappa shape index (κ1) is 15.1. The van der Waals surface area contributed by atoms with Gasteiger partial charge in [0.1, 0.15) is 12.6 Å². The molecule has 0 aliphatic carbocycles. The Balaban J connectivity index is 1.83. The van der Waals surface area contributed by atoms with Crippen molar-refractivity contribution in [2.45, 2.75) is 26.0 Å². The third-order valence-electron chi connectivity index (χ3n) is 4.04. The lowest BCUT2D eigenvalue weighted by Crippen LogP contribution is -2.43. The van der Waals surface area contributed by atoms with Crippen LogP contribution in [-0.2, 0) is 22.6 Å². The molecule has 0 aromatic heterocycles. The van der Waals surface area contributed by atoms with Gasteiger partial charge in [-0.05, 0) is 29.7 Å². The number of carboxylic acid groups (broad SMARTS) is 1. The van der Waals surface area contributed by atoms with Gasteiger partial charge in [-0.15, -0.1) is 0 Å². The Morgan fingerprint density at radius 3 is 2.61 bits per heavy atom. The van der Waals surface area contributed by atoms with Gasteiger partial charge in [0, 0.05) is 6.42 Å². The molecule has 0 saturated carbocycles. The average Bonchev–Trinajstić information content (AvgIpc) is 2.95. The molecule has 2 aromatic rings. The van der Waals surface area contributed by atoms with Crippen LogP contribution in [0.25, 0.3) is 0 Å². The molecule has 1 heterocycles. The van der Waals surface area contributed by atoms with Crippen LogP contribution >= 0.6 is 0 Å². The van der Waals surface area contributed by atoms with E-state index in [1.165, 1.54) is 4.90 Å². The Morgan fingerprint density at radius 2 is 1.91 bits per heavy atom. The fourth-order valence-electron chi connectivity index (χ4n) is 2.84. The topological polar surface area (TPSA) is 66.8 Å². The maximum Gasteiger partial charge on any atom is 0.415 e. The van der Waals surface area contributed by atoms with E-state index in [0.717, 1.165) is 16.7 Å². The van der Waals surface area contributed by atoms with Gasteiger partial charge in [0.2, 0.25) is 0 Å². The summed E-state index contributed by atoms with van der Waals surface area (Å²) in [6.07, 6.45) is -0.330. The lowest BCUT2D eigenvalue weighted by Gasteiger charge is -2.22. The van der Waals surface area contributed by atoms with Gasteiger partial charge in [-0.2, -0.15) is 0 Å². The van der Waals surface area contributed by atoms with Crippen LogP contribution in [0.2, 0.25) is 0 Å². The molecular formula is C18H17NO4. The number of ether oxygens (including phenoxy) is 1. The van der Waals surface area contributed by atoms with Crippen molar-refractivity contribution in [1.29, 1.82) is 0 Å². The molecule has 5 heteroatoms. The Morgan fingerprint density at radius 1 is 1.17 bits per heavy atom. The van der Waals surface area contributed by atoms with Crippen molar-refractivity contribution >= 4 is 17.7 Å². The molecule has 3 rings (SSSR count). The normalized spacial score (nSPS) is 16.0. The smallest absolute Gasteiger partial charge is 0.415 e. The first-order valence-corrected chi connectivity index (χ1v) is 7.39. The number of fused-ring (bicyclic) bond motifs is 1. The fourth-order valence-corrected chi connectivity index (χ4v) is 2.84. The van der Waals surface area contributed by atoms with E-state index >= 15 is 0 Å². The van der Waals surface area contributed by atoms with Crippen LogP contribution < -0.4 is 4.90 Å².